The molecule has 2 heterocycles. The minimum atomic E-state index is -0.598. The van der Waals surface area contributed by atoms with Crippen molar-refractivity contribution in [1.29, 1.82) is 0 Å². The van der Waals surface area contributed by atoms with Gasteiger partial charge >= 0.3 is 0 Å². The fourth-order valence-corrected chi connectivity index (χ4v) is 3.14. The largest absolute Gasteiger partial charge is 0.496 e. The Bertz CT molecular complexity index is 847. The second-order valence-electron chi connectivity index (χ2n) is 4.25. The van der Waals surface area contributed by atoms with E-state index in [-0.39, 0.29) is 0 Å². The zero-order chi connectivity index (χ0) is 15.0. The van der Waals surface area contributed by atoms with Crippen LogP contribution in [0.1, 0.15) is 9.67 Å². The van der Waals surface area contributed by atoms with Gasteiger partial charge < -0.3 is 10.5 Å². The average Bonchev–Trinajstić information content (AvgIpc) is 2.86. The SMILES string of the molecule is COc1ccc(F)cc1-c1c(C(N)=O)sc2cncnc12. The Morgan fingerprint density at radius 3 is 2.95 bits per heavy atom. The monoisotopic (exact) mass is 303 g/mol. The molecule has 0 unspecified atom stereocenters. The Morgan fingerprint density at radius 2 is 2.24 bits per heavy atom. The highest BCUT2D eigenvalue weighted by Gasteiger charge is 2.22. The molecule has 5 nitrogen and oxygen atoms in total. The standard InChI is InChI=1S/C14H10FN3O2S/c1-20-9-3-2-7(15)4-8(9)11-12-10(5-17-6-18-12)21-13(11)14(16)19/h2-6H,1H3,(H2,16,19). The summed E-state index contributed by atoms with van der Waals surface area (Å²) in [4.78, 5) is 20.1. The van der Waals surface area contributed by atoms with Gasteiger partial charge in [0.2, 0.25) is 0 Å². The van der Waals surface area contributed by atoms with Crippen LogP contribution in [-0.2, 0) is 0 Å². The topological polar surface area (TPSA) is 78.1 Å². The molecular weight excluding hydrogens is 293 g/mol. The first kappa shape index (κ1) is 13.4. The number of hydrogen-bond donors (Lipinski definition) is 1. The van der Waals surface area contributed by atoms with Crippen molar-refractivity contribution in [3.05, 3.63) is 41.4 Å². The van der Waals surface area contributed by atoms with Crippen LogP contribution in [0.2, 0.25) is 0 Å². The Morgan fingerprint density at radius 1 is 1.43 bits per heavy atom. The first-order valence-electron chi connectivity index (χ1n) is 5.98. The van der Waals surface area contributed by atoms with Gasteiger partial charge in [0.25, 0.3) is 5.91 Å². The lowest BCUT2D eigenvalue weighted by Crippen LogP contribution is -2.10. The quantitative estimate of drug-likeness (QED) is 0.806. The summed E-state index contributed by atoms with van der Waals surface area (Å²) in [5.41, 5.74) is 6.90. The van der Waals surface area contributed by atoms with Gasteiger partial charge in [0.05, 0.1) is 17.3 Å². The number of methoxy groups -OCH3 is 1. The fraction of sp³-hybridized carbons (Fsp3) is 0.0714. The molecule has 0 bridgehead atoms. The molecule has 0 fully saturated rings. The van der Waals surface area contributed by atoms with Gasteiger partial charge in [-0.15, -0.1) is 11.3 Å². The maximum atomic E-state index is 13.6. The maximum absolute atomic E-state index is 13.6. The second kappa shape index (κ2) is 5.10. The Balaban J connectivity index is 2.41. The molecule has 0 aliphatic heterocycles. The second-order valence-corrected chi connectivity index (χ2v) is 5.30. The smallest absolute Gasteiger partial charge is 0.259 e. The summed E-state index contributed by atoms with van der Waals surface area (Å²) in [6.07, 6.45) is 2.96. The molecule has 0 aliphatic carbocycles. The summed E-state index contributed by atoms with van der Waals surface area (Å²) in [5, 5.41) is 0. The molecular formula is C14H10FN3O2S. The van der Waals surface area contributed by atoms with Crippen LogP contribution in [0.3, 0.4) is 0 Å². The number of hydrogen-bond acceptors (Lipinski definition) is 5. The summed E-state index contributed by atoms with van der Waals surface area (Å²) < 4.78 is 19.6. The highest BCUT2D eigenvalue weighted by molar-refractivity contribution is 7.21. The van der Waals surface area contributed by atoms with E-state index in [1.165, 1.54) is 43.0 Å². The van der Waals surface area contributed by atoms with Crippen LogP contribution in [0.4, 0.5) is 4.39 Å². The maximum Gasteiger partial charge on any atom is 0.259 e. The number of aromatic nitrogens is 2. The first-order chi connectivity index (χ1) is 10.1. The highest BCUT2D eigenvalue weighted by Crippen LogP contribution is 2.41. The Labute approximate surface area is 123 Å². The summed E-state index contributed by atoms with van der Waals surface area (Å²) in [7, 11) is 1.48. The molecule has 21 heavy (non-hydrogen) atoms. The van der Waals surface area contributed by atoms with E-state index < -0.39 is 11.7 Å². The van der Waals surface area contributed by atoms with Crippen molar-refractivity contribution in [2.24, 2.45) is 5.73 Å². The van der Waals surface area contributed by atoms with Gasteiger partial charge in [-0.2, -0.15) is 0 Å². The highest BCUT2D eigenvalue weighted by atomic mass is 32.1. The number of fused-ring (bicyclic) bond motifs is 1. The third-order valence-electron chi connectivity index (χ3n) is 3.01. The van der Waals surface area contributed by atoms with E-state index in [2.05, 4.69) is 9.97 Å². The van der Waals surface area contributed by atoms with E-state index in [4.69, 9.17) is 10.5 Å². The van der Waals surface area contributed by atoms with Gasteiger partial charge in [0.15, 0.2) is 0 Å². The molecule has 3 aromatic rings. The van der Waals surface area contributed by atoms with Gasteiger partial charge in [-0.1, -0.05) is 0 Å². The predicted molar refractivity (Wildman–Crippen MR) is 77.9 cm³/mol. The van der Waals surface area contributed by atoms with E-state index >= 15 is 0 Å². The number of thiophene rings is 1. The number of halogens is 1. The number of carbonyl (C=O) groups excluding carboxylic acids is 1. The molecule has 1 amide bonds. The predicted octanol–water partition coefficient (Wildman–Crippen LogP) is 2.60. The van der Waals surface area contributed by atoms with Crippen molar-refractivity contribution in [3.8, 4) is 16.9 Å². The lowest BCUT2D eigenvalue weighted by Gasteiger charge is -2.09. The van der Waals surface area contributed by atoms with Crippen LogP contribution < -0.4 is 10.5 Å². The normalized spacial score (nSPS) is 10.8. The van der Waals surface area contributed by atoms with Gasteiger partial charge in [-0.3, -0.25) is 4.79 Å². The number of carbonyl (C=O) groups is 1. The molecule has 0 atom stereocenters. The number of primary amides is 1. The van der Waals surface area contributed by atoms with Crippen LogP contribution in [0.15, 0.2) is 30.7 Å². The van der Waals surface area contributed by atoms with E-state index in [1.54, 1.807) is 6.20 Å². The minimum absolute atomic E-state index is 0.300. The third kappa shape index (κ3) is 2.21. The van der Waals surface area contributed by atoms with Crippen molar-refractivity contribution >= 4 is 27.5 Å². The zero-order valence-corrected chi connectivity index (χ0v) is 11.8. The van der Waals surface area contributed by atoms with Gasteiger partial charge in [0.1, 0.15) is 22.8 Å². The molecule has 3 rings (SSSR count). The molecule has 0 aliphatic rings. The van der Waals surface area contributed by atoms with Crippen LogP contribution in [0.5, 0.6) is 5.75 Å². The number of benzene rings is 1. The number of nitrogens with two attached hydrogens (primary N) is 1. The lowest BCUT2D eigenvalue weighted by atomic mass is 10.0. The molecule has 0 radical (unpaired) electrons. The van der Waals surface area contributed by atoms with Gasteiger partial charge in [-0.25, -0.2) is 14.4 Å². The molecule has 1 aromatic carbocycles. The van der Waals surface area contributed by atoms with Crippen LogP contribution in [0, 0.1) is 5.82 Å². The van der Waals surface area contributed by atoms with Gasteiger partial charge in [-0.05, 0) is 18.2 Å². The van der Waals surface area contributed by atoms with E-state index in [0.29, 0.717) is 32.0 Å². The summed E-state index contributed by atoms with van der Waals surface area (Å²) in [5.74, 6) is -0.592. The Hall–Kier alpha value is -2.54. The van der Waals surface area contributed by atoms with E-state index in [0.717, 1.165) is 0 Å². The van der Waals surface area contributed by atoms with Crippen molar-refractivity contribution in [3.63, 3.8) is 0 Å². The minimum Gasteiger partial charge on any atom is -0.496 e. The number of ether oxygens (including phenoxy) is 1. The van der Waals surface area contributed by atoms with Gasteiger partial charge in [0, 0.05) is 17.3 Å². The molecule has 106 valence electrons. The number of amides is 1. The third-order valence-corrected chi connectivity index (χ3v) is 4.14. The lowest BCUT2D eigenvalue weighted by molar-refractivity contribution is 0.100. The molecule has 2 aromatic heterocycles. The van der Waals surface area contributed by atoms with Crippen LogP contribution in [-0.4, -0.2) is 23.0 Å². The number of nitrogens with zero attached hydrogens (tertiary/aromatic N) is 2. The van der Waals surface area contributed by atoms with Crippen LogP contribution >= 0.6 is 11.3 Å². The van der Waals surface area contributed by atoms with E-state index in [9.17, 15) is 9.18 Å². The summed E-state index contributed by atoms with van der Waals surface area (Å²) in [6.45, 7) is 0. The van der Waals surface area contributed by atoms with Crippen molar-refractivity contribution in [2.75, 3.05) is 7.11 Å². The first-order valence-corrected chi connectivity index (χ1v) is 6.79. The van der Waals surface area contributed by atoms with Crippen LogP contribution in [0.25, 0.3) is 21.3 Å². The molecule has 0 saturated carbocycles. The molecule has 2 N–H and O–H groups in total. The van der Waals surface area contributed by atoms with E-state index in [1.807, 2.05) is 0 Å². The molecule has 0 spiro atoms. The zero-order valence-electron chi connectivity index (χ0n) is 11.0. The molecule has 7 heteroatoms. The van der Waals surface area contributed by atoms with Crippen molar-refractivity contribution < 1.29 is 13.9 Å². The average molecular weight is 303 g/mol. The fourth-order valence-electron chi connectivity index (χ4n) is 2.15. The van der Waals surface area contributed by atoms with Crippen molar-refractivity contribution in [2.45, 2.75) is 0 Å². The number of rotatable bonds is 3. The summed E-state index contributed by atoms with van der Waals surface area (Å²) >= 11 is 1.17. The summed E-state index contributed by atoms with van der Waals surface area (Å²) in [6, 6.07) is 4.09. The molecule has 0 saturated heterocycles. The van der Waals surface area contributed by atoms with Crippen molar-refractivity contribution in [1.82, 2.24) is 9.97 Å². The Kier molecular flexibility index (Phi) is 3.26.